The monoisotopic (exact) mass is 421 g/mol. The number of phenols is 1. The summed E-state index contributed by atoms with van der Waals surface area (Å²) in [6.45, 7) is 9.43. The number of phenolic OH excluding ortho intramolecular Hbond substituents is 1. The Morgan fingerprint density at radius 2 is 1.97 bits per heavy atom. The first kappa shape index (κ1) is 23.5. The molecule has 1 aromatic rings. The van der Waals surface area contributed by atoms with E-state index in [0.29, 0.717) is 18.3 Å². The lowest BCUT2D eigenvalue weighted by atomic mass is 9.98. The van der Waals surface area contributed by atoms with Crippen molar-refractivity contribution in [2.75, 3.05) is 0 Å². The number of aldehydes is 1. The van der Waals surface area contributed by atoms with Gasteiger partial charge in [-0.3, -0.25) is 4.79 Å². The highest BCUT2D eigenvalue weighted by molar-refractivity contribution is 6.33. The summed E-state index contributed by atoms with van der Waals surface area (Å²) >= 11 is 6.02. The number of carbonyl (C=O) groups excluding carboxylic acids is 1. The van der Waals surface area contributed by atoms with E-state index in [2.05, 4.69) is 0 Å². The zero-order valence-electron chi connectivity index (χ0n) is 17.7. The molecule has 29 heavy (non-hydrogen) atoms. The number of benzene rings is 1. The summed E-state index contributed by atoms with van der Waals surface area (Å²) in [6.07, 6.45) is 6.30. The molecule has 6 heteroatoms. The van der Waals surface area contributed by atoms with E-state index in [4.69, 9.17) is 16.3 Å². The van der Waals surface area contributed by atoms with Gasteiger partial charge in [-0.2, -0.15) is 0 Å². The van der Waals surface area contributed by atoms with Crippen LogP contribution in [0.3, 0.4) is 0 Å². The van der Waals surface area contributed by atoms with Gasteiger partial charge >= 0.3 is 0 Å². The summed E-state index contributed by atoms with van der Waals surface area (Å²) in [5.41, 5.74) is 2.33. The van der Waals surface area contributed by atoms with E-state index in [1.54, 1.807) is 0 Å². The molecule has 160 valence electrons. The van der Waals surface area contributed by atoms with Crippen molar-refractivity contribution in [3.05, 3.63) is 45.0 Å². The molecule has 0 bridgehead atoms. The van der Waals surface area contributed by atoms with Crippen molar-refractivity contribution in [3.63, 3.8) is 0 Å². The fourth-order valence-corrected chi connectivity index (χ4v) is 3.51. The predicted molar refractivity (Wildman–Crippen MR) is 113 cm³/mol. The maximum absolute atomic E-state index is 12.3. The van der Waals surface area contributed by atoms with Gasteiger partial charge in [-0.05, 0) is 70.6 Å². The second-order valence-corrected chi connectivity index (χ2v) is 8.71. The molecule has 0 aliphatic carbocycles. The van der Waals surface area contributed by atoms with Crippen LogP contribution < -0.4 is 5.11 Å². The van der Waals surface area contributed by atoms with Gasteiger partial charge in [0.15, 0.2) is 6.29 Å². The topological polar surface area (TPSA) is 93.1 Å². The van der Waals surface area contributed by atoms with Crippen LogP contribution in [-0.2, 0) is 11.2 Å². The van der Waals surface area contributed by atoms with Crippen LogP contribution in [0, 0.1) is 6.92 Å². The van der Waals surface area contributed by atoms with Gasteiger partial charge in [-0.25, -0.2) is 0 Å². The van der Waals surface area contributed by atoms with Gasteiger partial charge in [0.1, 0.15) is 5.75 Å². The van der Waals surface area contributed by atoms with Crippen molar-refractivity contribution in [1.29, 1.82) is 0 Å². The molecule has 2 atom stereocenters. The van der Waals surface area contributed by atoms with Gasteiger partial charge in [0, 0.05) is 11.4 Å². The van der Waals surface area contributed by atoms with Crippen molar-refractivity contribution >= 4 is 17.9 Å². The van der Waals surface area contributed by atoms with Crippen LogP contribution in [0.2, 0.25) is 5.02 Å². The van der Waals surface area contributed by atoms with Gasteiger partial charge in [0.2, 0.25) is 0 Å². The number of aliphatic hydroxyl groups is 1. The van der Waals surface area contributed by atoms with Gasteiger partial charge in [0.25, 0.3) is 0 Å². The summed E-state index contributed by atoms with van der Waals surface area (Å²) in [5, 5.41) is 32.8. The van der Waals surface area contributed by atoms with Crippen LogP contribution in [-0.4, -0.2) is 34.3 Å². The smallest absolute Gasteiger partial charge is 0.154 e. The third kappa shape index (κ3) is 5.62. The maximum atomic E-state index is 12.3. The molecular formula is C23H30ClO5-. The molecule has 1 heterocycles. The summed E-state index contributed by atoms with van der Waals surface area (Å²) in [7, 11) is 0. The van der Waals surface area contributed by atoms with Gasteiger partial charge < -0.3 is 20.1 Å². The number of aliphatic hydroxyl groups excluding tert-OH is 1. The Balaban J connectivity index is 1.96. The molecule has 1 aromatic carbocycles. The Kier molecular flexibility index (Phi) is 7.55. The van der Waals surface area contributed by atoms with E-state index >= 15 is 0 Å². The molecule has 0 aromatic heterocycles. The molecule has 1 fully saturated rings. The van der Waals surface area contributed by atoms with Crippen LogP contribution in [0.1, 0.15) is 68.4 Å². The number of halogens is 1. The fraction of sp³-hybridized carbons (Fsp3) is 0.522. The number of allylic oxidation sites excluding steroid dienone is 3. The first-order valence-electron chi connectivity index (χ1n) is 9.83. The van der Waals surface area contributed by atoms with Crippen molar-refractivity contribution < 1.29 is 24.9 Å². The molecular weight excluding hydrogens is 392 g/mol. The Bertz CT molecular complexity index is 838. The molecule has 2 N–H and O–H groups in total. The number of rotatable bonds is 9. The minimum atomic E-state index is -0.512. The minimum absolute atomic E-state index is 0.0266. The normalized spacial score (nSPS) is 19.9. The van der Waals surface area contributed by atoms with E-state index in [1.165, 1.54) is 6.92 Å². The third-order valence-electron chi connectivity index (χ3n) is 5.65. The van der Waals surface area contributed by atoms with E-state index < -0.39 is 11.9 Å². The van der Waals surface area contributed by atoms with Gasteiger partial charge in [-0.1, -0.05) is 35.1 Å². The molecule has 2 rings (SSSR count). The average molecular weight is 422 g/mol. The molecule has 0 unspecified atom stereocenters. The predicted octanol–water partition coefficient (Wildman–Crippen LogP) is 4.38. The first-order valence-corrected chi connectivity index (χ1v) is 10.2. The van der Waals surface area contributed by atoms with Crippen LogP contribution in [0.15, 0.2) is 23.3 Å². The molecule has 0 spiro atoms. The lowest BCUT2D eigenvalue weighted by Crippen LogP contribution is -2.15. The Hall–Kier alpha value is -1.82. The number of epoxide rings is 1. The van der Waals surface area contributed by atoms with Crippen LogP contribution in [0.4, 0.5) is 0 Å². The quantitative estimate of drug-likeness (QED) is 0.350. The molecule has 0 radical (unpaired) electrons. The van der Waals surface area contributed by atoms with Crippen molar-refractivity contribution in [2.24, 2.45) is 0 Å². The van der Waals surface area contributed by atoms with E-state index in [9.17, 15) is 20.1 Å². The largest absolute Gasteiger partial charge is 0.871 e. The van der Waals surface area contributed by atoms with Crippen molar-refractivity contribution in [2.45, 2.75) is 78.1 Å². The molecule has 0 amide bonds. The number of hydrogen-bond donors (Lipinski definition) is 2. The second kappa shape index (κ2) is 9.33. The zero-order valence-corrected chi connectivity index (χ0v) is 18.5. The standard InChI is InChI=1S/C23H31ClO5/c1-13(7-6-8-14(2)18(26)11-19-23(4,5)29-19)9-10-16-21(27)17(12-25)15(3)20(24)22(16)28/h8-9,12,18-19,26-28H,6-7,10-11H2,1-5H3/p-1/b13-9+,14-8+/t18-,19-/m0/s1. The zero-order chi connectivity index (χ0) is 21.9. The highest BCUT2D eigenvalue weighted by Crippen LogP contribution is 2.40. The number of hydrogen-bond acceptors (Lipinski definition) is 5. The summed E-state index contributed by atoms with van der Waals surface area (Å²) < 4.78 is 5.52. The second-order valence-electron chi connectivity index (χ2n) is 8.33. The third-order valence-corrected chi connectivity index (χ3v) is 6.11. The van der Waals surface area contributed by atoms with Crippen molar-refractivity contribution in [1.82, 2.24) is 0 Å². The summed E-state index contributed by atoms with van der Waals surface area (Å²) in [5.74, 6) is -0.736. The first-order chi connectivity index (χ1) is 13.5. The SMILES string of the molecule is C/C(=C\Cc1c([O-])c(Cl)c(C)c(C=O)c1O)CC/C=C(\C)[C@@H](O)C[C@@H]1OC1(C)C. The minimum Gasteiger partial charge on any atom is -0.871 e. The van der Waals surface area contributed by atoms with E-state index in [-0.39, 0.29) is 40.0 Å². The summed E-state index contributed by atoms with van der Waals surface area (Å²) in [4.78, 5) is 11.2. The van der Waals surface area contributed by atoms with Crippen LogP contribution in [0.25, 0.3) is 0 Å². The Morgan fingerprint density at radius 3 is 2.52 bits per heavy atom. The number of carbonyl (C=O) groups is 1. The molecule has 0 saturated carbocycles. The molecule has 1 saturated heterocycles. The van der Waals surface area contributed by atoms with Gasteiger partial charge in [-0.15, -0.1) is 0 Å². The number of ether oxygens (including phenoxy) is 1. The Morgan fingerprint density at radius 1 is 1.34 bits per heavy atom. The van der Waals surface area contributed by atoms with Crippen LogP contribution >= 0.6 is 11.6 Å². The highest BCUT2D eigenvalue weighted by Gasteiger charge is 2.48. The molecule has 1 aliphatic heterocycles. The molecule has 1 aliphatic rings. The lowest BCUT2D eigenvalue weighted by Gasteiger charge is -2.20. The van der Waals surface area contributed by atoms with Crippen LogP contribution in [0.5, 0.6) is 11.5 Å². The fourth-order valence-electron chi connectivity index (χ4n) is 3.30. The highest BCUT2D eigenvalue weighted by atomic mass is 35.5. The molecule has 5 nitrogen and oxygen atoms in total. The lowest BCUT2D eigenvalue weighted by molar-refractivity contribution is -0.269. The maximum Gasteiger partial charge on any atom is 0.154 e. The summed E-state index contributed by atoms with van der Waals surface area (Å²) in [6, 6.07) is 0. The van der Waals surface area contributed by atoms with Crippen molar-refractivity contribution in [3.8, 4) is 11.5 Å². The van der Waals surface area contributed by atoms with E-state index in [1.807, 2.05) is 39.8 Å². The number of aromatic hydroxyl groups is 1. The average Bonchev–Trinajstić information content (AvgIpc) is 3.25. The van der Waals surface area contributed by atoms with E-state index in [0.717, 1.165) is 24.0 Å². The Labute approximate surface area is 177 Å². The van der Waals surface area contributed by atoms with Gasteiger partial charge in [0.05, 0.1) is 23.4 Å².